The van der Waals surface area contributed by atoms with Gasteiger partial charge in [0.1, 0.15) is 16.6 Å². The molecule has 0 aliphatic carbocycles. The number of nitrogens with one attached hydrogen (secondary N) is 2. The molecule has 128 valence electrons. The minimum atomic E-state index is -0.683. The van der Waals surface area contributed by atoms with Gasteiger partial charge in [-0.3, -0.25) is 14.9 Å². The number of benzene rings is 1. The molecule has 2 aromatic rings. The van der Waals surface area contributed by atoms with Crippen molar-refractivity contribution in [1.82, 2.24) is 5.32 Å². The Kier molecular flexibility index (Phi) is 5.63. The van der Waals surface area contributed by atoms with Crippen molar-refractivity contribution in [2.75, 3.05) is 5.32 Å². The van der Waals surface area contributed by atoms with Gasteiger partial charge in [-0.2, -0.15) is 0 Å². The quantitative estimate of drug-likeness (QED) is 0.747. The Morgan fingerprint density at radius 2 is 1.92 bits per heavy atom. The van der Waals surface area contributed by atoms with E-state index in [0.29, 0.717) is 5.00 Å². The van der Waals surface area contributed by atoms with Crippen LogP contribution in [0.5, 0.6) is 0 Å². The van der Waals surface area contributed by atoms with Crippen molar-refractivity contribution in [3.63, 3.8) is 0 Å². The van der Waals surface area contributed by atoms with Gasteiger partial charge in [0.05, 0.1) is 11.6 Å². The highest BCUT2D eigenvalue weighted by molar-refractivity contribution is 7.14. The topological polar surface area (TPSA) is 84.2 Å². The van der Waals surface area contributed by atoms with E-state index in [1.165, 1.54) is 23.5 Å². The fourth-order valence-electron chi connectivity index (χ4n) is 2.21. The molecule has 0 aliphatic heterocycles. The van der Waals surface area contributed by atoms with E-state index in [1.54, 1.807) is 19.2 Å². The van der Waals surface area contributed by atoms with Crippen LogP contribution >= 0.6 is 11.3 Å². The zero-order chi connectivity index (χ0) is 17.9. The van der Waals surface area contributed by atoms with E-state index in [0.717, 1.165) is 12.1 Å². The molecule has 0 fully saturated rings. The number of carbonyl (C=O) groups excluding carboxylic acids is 2. The van der Waals surface area contributed by atoms with E-state index >= 15 is 0 Å². The zero-order valence-electron chi connectivity index (χ0n) is 13.1. The predicted octanol–water partition coefficient (Wildman–Crippen LogP) is 2.80. The molecule has 0 radical (unpaired) electrons. The summed E-state index contributed by atoms with van der Waals surface area (Å²) in [6.45, 7) is 3.27. The predicted molar refractivity (Wildman–Crippen MR) is 88.8 cm³/mol. The van der Waals surface area contributed by atoms with E-state index in [-0.39, 0.29) is 11.1 Å². The van der Waals surface area contributed by atoms with Crippen LogP contribution in [0.2, 0.25) is 0 Å². The summed E-state index contributed by atoms with van der Waals surface area (Å²) in [4.78, 5) is 23.5. The summed E-state index contributed by atoms with van der Waals surface area (Å²) < 4.78 is 26.7. The average Bonchev–Trinajstić information content (AvgIpc) is 2.95. The Hall–Kier alpha value is -2.32. The average molecular weight is 353 g/mol. The maximum atomic E-state index is 13.8. The minimum Gasteiger partial charge on any atom is -0.366 e. The second kappa shape index (κ2) is 7.50. The molecule has 0 bridgehead atoms. The van der Waals surface area contributed by atoms with Gasteiger partial charge in [0.15, 0.2) is 0 Å². The zero-order valence-corrected chi connectivity index (χ0v) is 13.9. The Morgan fingerprint density at radius 3 is 2.54 bits per heavy atom. The standard InChI is InChI=1S/C16H17F2N3O2S/c1-8(11-4-3-10(17)7-13(11)18)20-9(2)15(23)21-16-12(14(19)22)5-6-24-16/h3-9,20H,1-2H3,(H2,19,22)(H,21,23)/t8-,9+/m1/s1. The first kappa shape index (κ1) is 18.0. The first-order chi connectivity index (χ1) is 11.3. The summed E-state index contributed by atoms with van der Waals surface area (Å²) in [6, 6.07) is 3.63. The molecule has 0 saturated heterocycles. The Bertz CT molecular complexity index is 764. The first-order valence-corrected chi connectivity index (χ1v) is 8.06. The van der Waals surface area contributed by atoms with E-state index in [4.69, 9.17) is 5.73 Å². The summed E-state index contributed by atoms with van der Waals surface area (Å²) in [6.07, 6.45) is 0. The fourth-order valence-corrected chi connectivity index (χ4v) is 3.01. The molecule has 2 rings (SSSR count). The number of thiophene rings is 1. The van der Waals surface area contributed by atoms with Crippen LogP contribution in [0.3, 0.4) is 0 Å². The van der Waals surface area contributed by atoms with E-state index in [2.05, 4.69) is 10.6 Å². The largest absolute Gasteiger partial charge is 0.366 e. The lowest BCUT2D eigenvalue weighted by molar-refractivity contribution is -0.117. The van der Waals surface area contributed by atoms with Crippen LogP contribution in [-0.4, -0.2) is 17.9 Å². The molecular formula is C16H17F2N3O2S. The minimum absolute atomic E-state index is 0.234. The van der Waals surface area contributed by atoms with Crippen LogP contribution < -0.4 is 16.4 Å². The number of hydrogen-bond donors (Lipinski definition) is 3. The highest BCUT2D eigenvalue weighted by atomic mass is 32.1. The van der Waals surface area contributed by atoms with Crippen molar-refractivity contribution in [1.29, 1.82) is 0 Å². The van der Waals surface area contributed by atoms with Gasteiger partial charge in [0.25, 0.3) is 5.91 Å². The molecule has 0 saturated carbocycles. The lowest BCUT2D eigenvalue weighted by Crippen LogP contribution is -2.39. The molecule has 0 aliphatic rings. The van der Waals surface area contributed by atoms with Crippen LogP contribution in [0, 0.1) is 11.6 Å². The third-order valence-electron chi connectivity index (χ3n) is 3.49. The van der Waals surface area contributed by atoms with Gasteiger partial charge in [-0.15, -0.1) is 11.3 Å². The van der Waals surface area contributed by atoms with Crippen LogP contribution in [-0.2, 0) is 4.79 Å². The smallest absolute Gasteiger partial charge is 0.251 e. The Labute approximate surface area is 141 Å². The molecule has 1 heterocycles. The normalized spacial score (nSPS) is 13.3. The third-order valence-corrected chi connectivity index (χ3v) is 4.32. The second-order valence-electron chi connectivity index (χ2n) is 5.29. The fraction of sp³-hybridized carbons (Fsp3) is 0.250. The van der Waals surface area contributed by atoms with Crippen LogP contribution in [0.4, 0.5) is 13.8 Å². The number of primary amides is 1. The van der Waals surface area contributed by atoms with Gasteiger partial charge >= 0.3 is 0 Å². The number of hydrogen-bond acceptors (Lipinski definition) is 4. The summed E-state index contributed by atoms with van der Waals surface area (Å²) in [5.41, 5.74) is 5.71. The molecule has 4 N–H and O–H groups in total. The molecule has 1 aromatic carbocycles. The number of rotatable bonds is 6. The number of halogens is 2. The highest BCUT2D eigenvalue weighted by Gasteiger charge is 2.20. The van der Waals surface area contributed by atoms with E-state index in [1.807, 2.05) is 0 Å². The Morgan fingerprint density at radius 1 is 1.21 bits per heavy atom. The molecular weight excluding hydrogens is 336 g/mol. The van der Waals surface area contributed by atoms with Crippen molar-refractivity contribution in [3.05, 3.63) is 52.4 Å². The SMILES string of the molecule is C[C@H](N[C@H](C)c1ccc(F)cc1F)C(=O)Nc1sccc1C(N)=O. The van der Waals surface area contributed by atoms with Crippen LogP contribution in [0.1, 0.15) is 35.8 Å². The molecule has 8 heteroatoms. The van der Waals surface area contributed by atoms with E-state index < -0.39 is 35.5 Å². The maximum Gasteiger partial charge on any atom is 0.251 e. The Balaban J connectivity index is 2.03. The van der Waals surface area contributed by atoms with Crippen molar-refractivity contribution in [2.45, 2.75) is 25.9 Å². The molecule has 2 amide bonds. The molecule has 24 heavy (non-hydrogen) atoms. The molecule has 0 unspecified atom stereocenters. The van der Waals surface area contributed by atoms with Crippen molar-refractivity contribution in [3.8, 4) is 0 Å². The van der Waals surface area contributed by atoms with Gasteiger partial charge in [-0.05, 0) is 31.4 Å². The van der Waals surface area contributed by atoms with Gasteiger partial charge in [-0.25, -0.2) is 8.78 Å². The van der Waals surface area contributed by atoms with Gasteiger partial charge in [0.2, 0.25) is 5.91 Å². The number of carbonyl (C=O) groups is 2. The number of nitrogens with two attached hydrogens (primary N) is 1. The summed E-state index contributed by atoms with van der Waals surface area (Å²) in [7, 11) is 0. The summed E-state index contributed by atoms with van der Waals surface area (Å²) in [5.74, 6) is -2.37. The van der Waals surface area contributed by atoms with Crippen molar-refractivity contribution >= 4 is 28.2 Å². The lowest BCUT2D eigenvalue weighted by atomic mass is 10.1. The van der Waals surface area contributed by atoms with Gasteiger partial charge in [-0.1, -0.05) is 6.07 Å². The monoisotopic (exact) mass is 353 g/mol. The molecule has 1 aromatic heterocycles. The molecule has 2 atom stereocenters. The molecule has 0 spiro atoms. The van der Waals surface area contributed by atoms with Crippen molar-refractivity contribution < 1.29 is 18.4 Å². The van der Waals surface area contributed by atoms with Crippen molar-refractivity contribution in [2.24, 2.45) is 5.73 Å². The summed E-state index contributed by atoms with van der Waals surface area (Å²) in [5, 5.41) is 7.55. The maximum absolute atomic E-state index is 13.8. The highest BCUT2D eigenvalue weighted by Crippen LogP contribution is 2.23. The van der Waals surface area contributed by atoms with Crippen LogP contribution in [0.25, 0.3) is 0 Å². The van der Waals surface area contributed by atoms with Crippen LogP contribution in [0.15, 0.2) is 29.6 Å². The van der Waals surface area contributed by atoms with Gasteiger partial charge in [0, 0.05) is 17.7 Å². The van der Waals surface area contributed by atoms with Gasteiger partial charge < -0.3 is 11.1 Å². The summed E-state index contributed by atoms with van der Waals surface area (Å²) >= 11 is 1.18. The molecule has 5 nitrogen and oxygen atoms in total. The third kappa shape index (κ3) is 4.15. The second-order valence-corrected chi connectivity index (χ2v) is 6.21. The number of amides is 2. The number of anilines is 1. The lowest BCUT2D eigenvalue weighted by Gasteiger charge is -2.20. The first-order valence-electron chi connectivity index (χ1n) is 7.18. The van der Waals surface area contributed by atoms with E-state index in [9.17, 15) is 18.4 Å².